The molecule has 2 aromatic carbocycles. The number of hydrogen-bond acceptors (Lipinski definition) is 4. The maximum atomic E-state index is 12.1. The number of anilines is 1. The van der Waals surface area contributed by atoms with E-state index in [1.54, 1.807) is 12.1 Å². The highest BCUT2D eigenvalue weighted by atomic mass is 16.5. The van der Waals surface area contributed by atoms with Gasteiger partial charge in [-0.05, 0) is 37.1 Å². The average molecular weight is 343 g/mol. The van der Waals surface area contributed by atoms with Crippen LogP contribution >= 0.6 is 0 Å². The van der Waals surface area contributed by atoms with Crippen molar-refractivity contribution < 1.29 is 19.0 Å². The Morgan fingerprint density at radius 1 is 0.880 bits per heavy atom. The number of rotatable bonds is 10. The molecule has 0 spiro atoms. The van der Waals surface area contributed by atoms with Gasteiger partial charge >= 0.3 is 0 Å². The summed E-state index contributed by atoms with van der Waals surface area (Å²) in [5.74, 6) is 1.76. The Bertz CT molecular complexity index is 658. The van der Waals surface area contributed by atoms with Crippen molar-refractivity contribution in [3.8, 4) is 17.2 Å². The Morgan fingerprint density at radius 3 is 2.24 bits per heavy atom. The number of nitrogens with one attached hydrogen (secondary N) is 1. The first-order valence-corrected chi connectivity index (χ1v) is 8.60. The molecule has 134 valence electrons. The monoisotopic (exact) mass is 343 g/mol. The zero-order valence-corrected chi connectivity index (χ0v) is 14.8. The quantitative estimate of drug-likeness (QED) is 0.699. The summed E-state index contributed by atoms with van der Waals surface area (Å²) < 4.78 is 16.9. The highest BCUT2D eigenvalue weighted by molar-refractivity contribution is 5.92. The maximum Gasteiger partial charge on any atom is 0.262 e. The van der Waals surface area contributed by atoms with Gasteiger partial charge in [-0.15, -0.1) is 0 Å². The molecular weight excluding hydrogens is 318 g/mol. The summed E-state index contributed by atoms with van der Waals surface area (Å²) in [4.78, 5) is 12.1. The number of carbonyl (C=O) groups is 1. The molecule has 0 radical (unpaired) electrons. The van der Waals surface area contributed by atoms with Crippen LogP contribution in [0.15, 0.2) is 48.5 Å². The molecule has 5 heteroatoms. The van der Waals surface area contributed by atoms with Gasteiger partial charge < -0.3 is 19.5 Å². The molecule has 2 aromatic rings. The van der Waals surface area contributed by atoms with Crippen molar-refractivity contribution in [2.45, 2.75) is 26.7 Å². The van der Waals surface area contributed by atoms with Crippen molar-refractivity contribution >= 4 is 11.6 Å². The summed E-state index contributed by atoms with van der Waals surface area (Å²) in [7, 11) is 0. The molecule has 1 N–H and O–H groups in total. The predicted molar refractivity (Wildman–Crippen MR) is 98.6 cm³/mol. The van der Waals surface area contributed by atoms with E-state index in [4.69, 9.17) is 14.2 Å². The fourth-order valence-corrected chi connectivity index (χ4v) is 2.10. The minimum absolute atomic E-state index is 0.0523. The summed E-state index contributed by atoms with van der Waals surface area (Å²) in [6, 6.07) is 14.6. The van der Waals surface area contributed by atoms with Crippen LogP contribution in [0.5, 0.6) is 17.2 Å². The van der Waals surface area contributed by atoms with Crippen molar-refractivity contribution in [3.63, 3.8) is 0 Å². The Labute approximate surface area is 148 Å². The third kappa shape index (κ3) is 6.37. The van der Waals surface area contributed by atoms with Gasteiger partial charge in [0.2, 0.25) is 0 Å². The zero-order valence-electron chi connectivity index (χ0n) is 14.8. The Kier molecular flexibility index (Phi) is 7.63. The van der Waals surface area contributed by atoms with Gasteiger partial charge in [0.05, 0.1) is 13.2 Å². The molecule has 0 saturated heterocycles. The molecule has 0 heterocycles. The summed E-state index contributed by atoms with van der Waals surface area (Å²) in [5, 5.41) is 2.81. The number of para-hydroxylation sites is 1. The van der Waals surface area contributed by atoms with E-state index in [2.05, 4.69) is 5.32 Å². The lowest BCUT2D eigenvalue weighted by Crippen LogP contribution is -2.20. The molecular formula is C20H25NO4. The van der Waals surface area contributed by atoms with Crippen LogP contribution in [0.25, 0.3) is 0 Å². The number of benzene rings is 2. The van der Waals surface area contributed by atoms with Gasteiger partial charge in [-0.3, -0.25) is 4.79 Å². The van der Waals surface area contributed by atoms with Crippen molar-refractivity contribution in [1.29, 1.82) is 0 Å². The Balaban J connectivity index is 1.96. The lowest BCUT2D eigenvalue weighted by atomic mass is 10.2. The lowest BCUT2D eigenvalue weighted by Gasteiger charge is -2.14. The smallest absolute Gasteiger partial charge is 0.262 e. The van der Waals surface area contributed by atoms with Crippen LogP contribution in [-0.4, -0.2) is 25.7 Å². The lowest BCUT2D eigenvalue weighted by molar-refractivity contribution is -0.118. The Morgan fingerprint density at radius 2 is 1.56 bits per heavy atom. The third-order valence-electron chi connectivity index (χ3n) is 3.26. The minimum Gasteiger partial charge on any atom is -0.490 e. The molecule has 0 bridgehead atoms. The highest BCUT2D eigenvalue weighted by Gasteiger charge is 2.09. The SMILES string of the molecule is CCCOc1ccc(NC(=O)COc2ccccc2)cc1OCCC. The predicted octanol–water partition coefficient (Wildman–Crippen LogP) is 4.28. The molecule has 0 unspecified atom stereocenters. The second-order valence-corrected chi connectivity index (χ2v) is 5.51. The number of ether oxygens (including phenoxy) is 3. The molecule has 0 saturated carbocycles. The van der Waals surface area contributed by atoms with E-state index in [-0.39, 0.29) is 12.5 Å². The first-order chi connectivity index (χ1) is 12.2. The second kappa shape index (κ2) is 10.2. The van der Waals surface area contributed by atoms with Gasteiger partial charge in [0.25, 0.3) is 5.91 Å². The number of carbonyl (C=O) groups excluding carboxylic acids is 1. The van der Waals surface area contributed by atoms with E-state index in [1.165, 1.54) is 0 Å². The van der Waals surface area contributed by atoms with Crippen molar-refractivity contribution in [3.05, 3.63) is 48.5 Å². The van der Waals surface area contributed by atoms with Gasteiger partial charge in [-0.2, -0.15) is 0 Å². The highest BCUT2D eigenvalue weighted by Crippen LogP contribution is 2.31. The zero-order chi connectivity index (χ0) is 17.9. The summed E-state index contributed by atoms with van der Waals surface area (Å²) in [6.45, 7) is 5.26. The molecule has 0 aromatic heterocycles. The third-order valence-corrected chi connectivity index (χ3v) is 3.26. The van der Waals surface area contributed by atoms with Gasteiger partial charge in [-0.1, -0.05) is 32.0 Å². The molecule has 0 aliphatic heterocycles. The fourth-order valence-electron chi connectivity index (χ4n) is 2.10. The molecule has 0 aliphatic rings. The molecule has 0 aliphatic carbocycles. The first kappa shape index (κ1) is 18.6. The van der Waals surface area contributed by atoms with E-state index in [9.17, 15) is 4.79 Å². The van der Waals surface area contributed by atoms with Crippen LogP contribution in [0.1, 0.15) is 26.7 Å². The van der Waals surface area contributed by atoms with Gasteiger partial charge in [0.15, 0.2) is 18.1 Å². The normalized spacial score (nSPS) is 10.2. The van der Waals surface area contributed by atoms with Crippen LogP contribution in [0.3, 0.4) is 0 Å². The molecule has 0 fully saturated rings. The maximum absolute atomic E-state index is 12.1. The molecule has 2 rings (SSSR count). The van der Waals surface area contributed by atoms with E-state index in [0.29, 0.717) is 36.1 Å². The second-order valence-electron chi connectivity index (χ2n) is 5.51. The van der Waals surface area contributed by atoms with Crippen LogP contribution in [0, 0.1) is 0 Å². The van der Waals surface area contributed by atoms with Crippen LogP contribution in [0.2, 0.25) is 0 Å². The van der Waals surface area contributed by atoms with E-state index in [0.717, 1.165) is 12.8 Å². The largest absolute Gasteiger partial charge is 0.490 e. The summed E-state index contributed by atoms with van der Waals surface area (Å²) >= 11 is 0. The molecule has 1 amide bonds. The molecule has 5 nitrogen and oxygen atoms in total. The fraction of sp³-hybridized carbons (Fsp3) is 0.350. The standard InChI is InChI=1S/C20H25NO4/c1-3-12-23-18-11-10-16(14-19(18)24-13-4-2)21-20(22)15-25-17-8-6-5-7-9-17/h5-11,14H,3-4,12-13,15H2,1-2H3,(H,21,22). The van der Waals surface area contributed by atoms with Crippen LogP contribution < -0.4 is 19.5 Å². The Hall–Kier alpha value is -2.69. The van der Waals surface area contributed by atoms with Gasteiger partial charge in [0.1, 0.15) is 5.75 Å². The van der Waals surface area contributed by atoms with Gasteiger partial charge in [-0.25, -0.2) is 0 Å². The van der Waals surface area contributed by atoms with Crippen LogP contribution in [0.4, 0.5) is 5.69 Å². The minimum atomic E-state index is -0.229. The number of hydrogen-bond donors (Lipinski definition) is 1. The summed E-state index contributed by atoms with van der Waals surface area (Å²) in [5.41, 5.74) is 0.650. The van der Waals surface area contributed by atoms with Crippen molar-refractivity contribution in [2.24, 2.45) is 0 Å². The topological polar surface area (TPSA) is 56.8 Å². The number of amides is 1. The van der Waals surface area contributed by atoms with E-state index < -0.39 is 0 Å². The average Bonchev–Trinajstić information content (AvgIpc) is 2.64. The van der Waals surface area contributed by atoms with E-state index >= 15 is 0 Å². The summed E-state index contributed by atoms with van der Waals surface area (Å²) in [6.07, 6.45) is 1.82. The molecule has 25 heavy (non-hydrogen) atoms. The first-order valence-electron chi connectivity index (χ1n) is 8.60. The van der Waals surface area contributed by atoms with Crippen molar-refractivity contribution in [2.75, 3.05) is 25.1 Å². The van der Waals surface area contributed by atoms with Crippen molar-refractivity contribution in [1.82, 2.24) is 0 Å². The molecule has 0 atom stereocenters. The van der Waals surface area contributed by atoms with Gasteiger partial charge in [0, 0.05) is 11.8 Å². The van der Waals surface area contributed by atoms with Crippen LogP contribution in [-0.2, 0) is 4.79 Å². The van der Waals surface area contributed by atoms with E-state index in [1.807, 2.05) is 50.2 Å².